The Morgan fingerprint density at radius 3 is 2.92 bits per heavy atom. The molecule has 0 aliphatic carbocycles. The number of nitrogens with zero attached hydrogens (tertiary/aromatic N) is 1. The molecular weight excluding hydrogens is 168 g/mol. The maximum absolute atomic E-state index is 10.6. The van der Waals surface area contributed by atoms with Crippen LogP contribution in [0.5, 0.6) is 0 Å². The largest absolute Gasteiger partial charge is 0.478 e. The summed E-state index contributed by atoms with van der Waals surface area (Å²) in [6, 6.07) is 1.52. The first-order valence-electron chi connectivity index (χ1n) is 3.72. The fraction of sp³-hybridized carbons (Fsp3) is 0.111. The first kappa shape index (κ1) is 9.25. The molecule has 1 rings (SSSR count). The predicted octanol–water partition coefficient (Wildman–Crippen LogP) is 1.46. The van der Waals surface area contributed by atoms with E-state index in [1.54, 1.807) is 13.1 Å². The van der Waals surface area contributed by atoms with Crippen molar-refractivity contribution in [1.82, 2.24) is 4.98 Å². The maximum atomic E-state index is 10.6. The van der Waals surface area contributed by atoms with Crippen LogP contribution in [0.2, 0.25) is 0 Å². The highest BCUT2D eigenvalue weighted by atomic mass is 16.4. The lowest BCUT2D eigenvalue weighted by Crippen LogP contribution is -2.01. The van der Waals surface area contributed by atoms with Gasteiger partial charge in [-0.15, -0.1) is 0 Å². The van der Waals surface area contributed by atoms with Crippen LogP contribution < -0.4 is 5.32 Å². The number of nitrogens with one attached hydrogen (secondary N) is 1. The third-order valence-corrected chi connectivity index (χ3v) is 1.62. The lowest BCUT2D eigenvalue weighted by Gasteiger charge is -2.04. The Bertz CT molecular complexity index is 347. The number of anilines is 1. The van der Waals surface area contributed by atoms with E-state index in [4.69, 9.17) is 5.11 Å². The van der Waals surface area contributed by atoms with Gasteiger partial charge in [-0.3, -0.25) is 0 Å². The van der Waals surface area contributed by atoms with Crippen LogP contribution in [0.4, 0.5) is 5.82 Å². The fourth-order valence-electron chi connectivity index (χ4n) is 0.963. The van der Waals surface area contributed by atoms with Gasteiger partial charge in [-0.2, -0.15) is 0 Å². The summed E-state index contributed by atoms with van der Waals surface area (Å²) in [4.78, 5) is 14.5. The van der Waals surface area contributed by atoms with Crippen LogP contribution in [0, 0.1) is 0 Å². The van der Waals surface area contributed by atoms with Gasteiger partial charge in [0.25, 0.3) is 0 Å². The molecule has 68 valence electrons. The molecule has 2 N–H and O–H groups in total. The Morgan fingerprint density at radius 2 is 2.46 bits per heavy atom. The molecule has 1 aromatic heterocycles. The second kappa shape index (κ2) is 3.71. The van der Waals surface area contributed by atoms with Gasteiger partial charge in [-0.05, 0) is 6.07 Å². The van der Waals surface area contributed by atoms with Crippen molar-refractivity contribution in [3.05, 3.63) is 30.0 Å². The monoisotopic (exact) mass is 178 g/mol. The standard InChI is InChI=1S/C9H10N2O2/c1-3-6-4-7(9(12)13)5-11-8(6)10-2/h3-5H,1H2,2H3,(H,10,11)(H,12,13). The van der Waals surface area contributed by atoms with Crippen LogP contribution in [0.25, 0.3) is 6.08 Å². The highest BCUT2D eigenvalue weighted by Crippen LogP contribution is 2.14. The molecule has 0 saturated heterocycles. The van der Waals surface area contributed by atoms with E-state index in [9.17, 15) is 4.79 Å². The molecule has 0 unspecified atom stereocenters. The quantitative estimate of drug-likeness (QED) is 0.735. The molecular formula is C9H10N2O2. The molecule has 0 aromatic carbocycles. The number of rotatable bonds is 3. The van der Waals surface area contributed by atoms with Crippen molar-refractivity contribution in [2.45, 2.75) is 0 Å². The van der Waals surface area contributed by atoms with Crippen LogP contribution in [0.3, 0.4) is 0 Å². The molecule has 0 bridgehead atoms. The average molecular weight is 178 g/mol. The first-order valence-corrected chi connectivity index (χ1v) is 3.72. The molecule has 0 spiro atoms. The van der Waals surface area contributed by atoms with E-state index in [0.29, 0.717) is 11.4 Å². The first-order chi connectivity index (χ1) is 6.19. The van der Waals surface area contributed by atoms with Gasteiger partial charge in [0, 0.05) is 18.8 Å². The number of carboxylic acids is 1. The van der Waals surface area contributed by atoms with Crippen molar-refractivity contribution < 1.29 is 9.90 Å². The van der Waals surface area contributed by atoms with Crippen LogP contribution in [0.15, 0.2) is 18.8 Å². The number of carbonyl (C=O) groups is 1. The predicted molar refractivity (Wildman–Crippen MR) is 50.8 cm³/mol. The van der Waals surface area contributed by atoms with Gasteiger partial charge in [0.15, 0.2) is 0 Å². The molecule has 4 nitrogen and oxygen atoms in total. The SMILES string of the molecule is C=Cc1cc(C(=O)O)cnc1NC. The second-order valence-electron chi connectivity index (χ2n) is 2.42. The molecule has 0 radical (unpaired) electrons. The van der Waals surface area contributed by atoms with E-state index < -0.39 is 5.97 Å². The van der Waals surface area contributed by atoms with E-state index in [1.807, 2.05) is 0 Å². The third-order valence-electron chi connectivity index (χ3n) is 1.62. The molecule has 0 atom stereocenters. The van der Waals surface area contributed by atoms with E-state index in [0.717, 1.165) is 0 Å². The highest BCUT2D eigenvalue weighted by Gasteiger charge is 2.06. The lowest BCUT2D eigenvalue weighted by molar-refractivity contribution is 0.0696. The number of aromatic nitrogens is 1. The summed E-state index contributed by atoms with van der Waals surface area (Å²) < 4.78 is 0. The van der Waals surface area contributed by atoms with Crippen molar-refractivity contribution in [3.8, 4) is 0 Å². The molecule has 1 heterocycles. The number of hydrogen-bond acceptors (Lipinski definition) is 3. The second-order valence-corrected chi connectivity index (χ2v) is 2.42. The smallest absolute Gasteiger partial charge is 0.337 e. The molecule has 4 heteroatoms. The molecule has 0 fully saturated rings. The summed E-state index contributed by atoms with van der Waals surface area (Å²) in [5.41, 5.74) is 0.844. The molecule has 1 aromatic rings. The van der Waals surface area contributed by atoms with Gasteiger partial charge in [-0.25, -0.2) is 9.78 Å². The van der Waals surface area contributed by atoms with Gasteiger partial charge in [0.05, 0.1) is 5.56 Å². The minimum Gasteiger partial charge on any atom is -0.478 e. The minimum absolute atomic E-state index is 0.161. The summed E-state index contributed by atoms with van der Waals surface area (Å²) in [6.45, 7) is 3.57. The van der Waals surface area contributed by atoms with E-state index >= 15 is 0 Å². The molecule has 0 aliphatic rings. The molecule has 13 heavy (non-hydrogen) atoms. The average Bonchev–Trinajstić information content (AvgIpc) is 2.16. The summed E-state index contributed by atoms with van der Waals surface area (Å²) in [7, 11) is 1.72. The van der Waals surface area contributed by atoms with Gasteiger partial charge >= 0.3 is 5.97 Å². The zero-order valence-corrected chi connectivity index (χ0v) is 7.24. The topological polar surface area (TPSA) is 62.2 Å². The van der Waals surface area contributed by atoms with E-state index in [-0.39, 0.29) is 5.56 Å². The van der Waals surface area contributed by atoms with Crippen LogP contribution in [-0.2, 0) is 0 Å². The van der Waals surface area contributed by atoms with Gasteiger partial charge in [0.2, 0.25) is 0 Å². The van der Waals surface area contributed by atoms with E-state index in [2.05, 4.69) is 16.9 Å². The Morgan fingerprint density at radius 1 is 1.77 bits per heavy atom. The zero-order chi connectivity index (χ0) is 9.84. The highest BCUT2D eigenvalue weighted by molar-refractivity contribution is 5.88. The number of pyridine rings is 1. The summed E-state index contributed by atoms with van der Waals surface area (Å²) in [5.74, 6) is -0.363. The molecule has 0 saturated carbocycles. The van der Waals surface area contributed by atoms with Gasteiger partial charge < -0.3 is 10.4 Å². The number of hydrogen-bond donors (Lipinski definition) is 2. The molecule has 0 amide bonds. The number of carboxylic acid groups (broad SMARTS) is 1. The Balaban J connectivity index is 3.20. The summed E-state index contributed by atoms with van der Waals surface area (Å²) in [5, 5.41) is 11.5. The van der Waals surface area contributed by atoms with Gasteiger partial charge in [0.1, 0.15) is 5.82 Å². The van der Waals surface area contributed by atoms with Gasteiger partial charge in [-0.1, -0.05) is 12.7 Å². The van der Waals surface area contributed by atoms with Crippen molar-refractivity contribution in [2.24, 2.45) is 0 Å². The van der Waals surface area contributed by atoms with Crippen molar-refractivity contribution in [1.29, 1.82) is 0 Å². The minimum atomic E-state index is -0.988. The van der Waals surface area contributed by atoms with Crippen molar-refractivity contribution >= 4 is 17.9 Å². The summed E-state index contributed by atoms with van der Waals surface area (Å²) >= 11 is 0. The Hall–Kier alpha value is -1.84. The lowest BCUT2D eigenvalue weighted by atomic mass is 10.2. The number of aromatic carboxylic acids is 1. The van der Waals surface area contributed by atoms with Crippen molar-refractivity contribution in [2.75, 3.05) is 12.4 Å². The Kier molecular flexibility index (Phi) is 2.64. The normalized spacial score (nSPS) is 9.31. The van der Waals surface area contributed by atoms with Crippen LogP contribution in [-0.4, -0.2) is 23.1 Å². The van der Waals surface area contributed by atoms with Crippen LogP contribution in [0.1, 0.15) is 15.9 Å². The Labute approximate surface area is 75.9 Å². The molecule has 0 aliphatic heterocycles. The van der Waals surface area contributed by atoms with Crippen molar-refractivity contribution in [3.63, 3.8) is 0 Å². The third kappa shape index (κ3) is 1.84. The fourth-order valence-corrected chi connectivity index (χ4v) is 0.963. The summed E-state index contributed by atoms with van der Waals surface area (Å²) in [6.07, 6.45) is 2.87. The van der Waals surface area contributed by atoms with E-state index in [1.165, 1.54) is 12.3 Å². The zero-order valence-electron chi connectivity index (χ0n) is 7.24. The maximum Gasteiger partial charge on any atom is 0.337 e. The van der Waals surface area contributed by atoms with Crippen LogP contribution >= 0.6 is 0 Å².